The summed E-state index contributed by atoms with van der Waals surface area (Å²) < 4.78 is 0. The summed E-state index contributed by atoms with van der Waals surface area (Å²) in [6.07, 6.45) is -1.83. The molecule has 0 spiro atoms. The molecule has 0 atom stereocenters. The Labute approximate surface area is 40.3 Å². The van der Waals surface area contributed by atoms with E-state index in [1.807, 2.05) is 0 Å². The molecule has 3 nitrogen and oxygen atoms in total. The lowest BCUT2D eigenvalue weighted by molar-refractivity contribution is 0.137. The van der Waals surface area contributed by atoms with Gasteiger partial charge in [0.1, 0.15) is 0 Å². The van der Waals surface area contributed by atoms with Crippen LogP contribution in [0.25, 0.3) is 0 Å². The van der Waals surface area contributed by atoms with Crippen LogP contribution in [0.3, 0.4) is 0 Å². The van der Waals surface area contributed by atoms with E-state index < -0.39 is 6.16 Å². The Balaban J connectivity index is -0.0000000480. The van der Waals surface area contributed by atoms with Gasteiger partial charge in [0.15, 0.2) is 0 Å². The third kappa shape index (κ3) is 38.0. The molecule has 0 saturated heterocycles. The number of carbonyl (C=O) groups is 1. The minimum Gasteiger partial charge on any atom is -0.450 e. The van der Waals surface area contributed by atoms with Gasteiger partial charge in [-0.2, -0.15) is 0 Å². The first-order chi connectivity index (χ1) is 2.73. The van der Waals surface area contributed by atoms with Crippen molar-refractivity contribution in [2.24, 2.45) is 0 Å². The molecular weight excluding hydrogens is 103 g/mol. The average molecular weight is 110 g/mol. The van der Waals surface area contributed by atoms with Crippen molar-refractivity contribution in [1.29, 1.82) is 0 Å². The highest BCUT2D eigenvalue weighted by molar-refractivity contribution is 5.53. The van der Waals surface area contributed by atoms with Crippen molar-refractivity contribution >= 4 is 6.16 Å². The second kappa shape index (κ2) is 20.4. The van der Waals surface area contributed by atoms with E-state index in [0.29, 0.717) is 0 Å². The topological polar surface area (TPSA) is 57.5 Å². The highest BCUT2D eigenvalue weighted by Gasteiger charge is 1.70. The van der Waals surface area contributed by atoms with Crippen LogP contribution in [0.1, 0.15) is 0 Å². The predicted molar refractivity (Wildman–Crippen MR) is 24.4 cm³/mol. The molecular formula is C3H7FO3. The smallest absolute Gasteiger partial charge is 0.450 e. The van der Waals surface area contributed by atoms with Gasteiger partial charge in [-0.15, -0.1) is 13.2 Å². The van der Waals surface area contributed by atoms with Gasteiger partial charge in [-0.05, 0) is 0 Å². The molecule has 0 rings (SSSR count). The number of hydrogen-bond acceptors (Lipinski definition) is 1. The second-order valence-electron chi connectivity index (χ2n) is 0.283. The molecule has 0 bridgehead atoms. The molecule has 0 aliphatic rings. The fourth-order valence-electron chi connectivity index (χ4n) is 0. The summed E-state index contributed by atoms with van der Waals surface area (Å²) in [4.78, 5) is 8.56. The van der Waals surface area contributed by atoms with Gasteiger partial charge in [0.25, 0.3) is 0 Å². The summed E-state index contributed by atoms with van der Waals surface area (Å²) in [5.74, 6) is 0. The largest absolute Gasteiger partial charge is 0.503 e. The Hall–Kier alpha value is -1.06. The fourth-order valence-corrected chi connectivity index (χ4v) is 0. The van der Waals surface area contributed by atoms with E-state index in [9.17, 15) is 0 Å². The van der Waals surface area contributed by atoms with E-state index in [1.54, 1.807) is 0 Å². The Morgan fingerprint density at radius 2 is 1.29 bits per heavy atom. The SMILES string of the molecule is C=C.F.O=C(O)O. The monoisotopic (exact) mass is 110 g/mol. The van der Waals surface area contributed by atoms with Crippen molar-refractivity contribution in [2.75, 3.05) is 0 Å². The highest BCUT2D eigenvalue weighted by atomic mass is 19.0. The quantitative estimate of drug-likeness (QED) is 0.460. The molecule has 0 fully saturated rings. The Bertz CT molecular complexity index is 41.4. The van der Waals surface area contributed by atoms with E-state index in [0.717, 1.165) is 0 Å². The molecule has 2 N–H and O–H groups in total. The fraction of sp³-hybridized carbons (Fsp3) is 0. The molecule has 0 unspecified atom stereocenters. The van der Waals surface area contributed by atoms with Gasteiger partial charge >= 0.3 is 6.16 Å². The third-order valence-corrected chi connectivity index (χ3v) is 0. The maximum absolute atomic E-state index is 8.56. The van der Waals surface area contributed by atoms with Crippen molar-refractivity contribution in [3.63, 3.8) is 0 Å². The van der Waals surface area contributed by atoms with Crippen LogP contribution in [0.2, 0.25) is 0 Å². The lowest BCUT2D eigenvalue weighted by Gasteiger charge is -1.60. The summed E-state index contributed by atoms with van der Waals surface area (Å²) >= 11 is 0. The predicted octanol–water partition coefficient (Wildman–Crippen LogP) is 1.18. The molecule has 0 aliphatic heterocycles. The van der Waals surface area contributed by atoms with Crippen LogP contribution in [0.4, 0.5) is 9.50 Å². The van der Waals surface area contributed by atoms with Crippen LogP contribution < -0.4 is 0 Å². The maximum Gasteiger partial charge on any atom is 0.503 e. The minimum atomic E-state index is -1.83. The second-order valence-corrected chi connectivity index (χ2v) is 0.283. The van der Waals surface area contributed by atoms with Crippen LogP contribution in [0.5, 0.6) is 0 Å². The van der Waals surface area contributed by atoms with Gasteiger partial charge in [-0.25, -0.2) is 4.79 Å². The lowest BCUT2D eigenvalue weighted by atomic mass is 11.3. The Morgan fingerprint density at radius 1 is 1.29 bits per heavy atom. The summed E-state index contributed by atoms with van der Waals surface area (Å²) in [5.41, 5.74) is 0. The van der Waals surface area contributed by atoms with Crippen molar-refractivity contribution in [3.05, 3.63) is 13.2 Å². The zero-order valence-electron chi connectivity index (χ0n) is 3.63. The van der Waals surface area contributed by atoms with Crippen LogP contribution >= 0.6 is 0 Å². The normalized spacial score (nSPS) is 4.00. The van der Waals surface area contributed by atoms with E-state index in [-0.39, 0.29) is 4.70 Å². The first kappa shape index (κ1) is 16.8. The maximum atomic E-state index is 8.56. The van der Waals surface area contributed by atoms with Crippen molar-refractivity contribution < 1.29 is 19.7 Å². The minimum absolute atomic E-state index is 0. The highest BCUT2D eigenvalue weighted by Crippen LogP contribution is 1.42. The van der Waals surface area contributed by atoms with E-state index >= 15 is 0 Å². The molecule has 0 aliphatic carbocycles. The van der Waals surface area contributed by atoms with Crippen LogP contribution in [-0.4, -0.2) is 16.4 Å². The van der Waals surface area contributed by atoms with Gasteiger partial charge < -0.3 is 10.2 Å². The third-order valence-electron chi connectivity index (χ3n) is 0. The van der Waals surface area contributed by atoms with E-state index in [1.165, 1.54) is 0 Å². The molecule has 0 radical (unpaired) electrons. The van der Waals surface area contributed by atoms with Crippen molar-refractivity contribution in [2.45, 2.75) is 0 Å². The van der Waals surface area contributed by atoms with Crippen LogP contribution in [0.15, 0.2) is 13.2 Å². The number of carboxylic acid groups (broad SMARTS) is 2. The van der Waals surface area contributed by atoms with Crippen molar-refractivity contribution in [1.82, 2.24) is 0 Å². The van der Waals surface area contributed by atoms with Gasteiger partial charge in [-0.3, -0.25) is 4.70 Å². The van der Waals surface area contributed by atoms with Gasteiger partial charge in [0.2, 0.25) is 0 Å². The zero-order valence-corrected chi connectivity index (χ0v) is 3.63. The molecule has 44 valence electrons. The van der Waals surface area contributed by atoms with Gasteiger partial charge in [0, 0.05) is 0 Å². The standard InChI is InChI=1S/C2H4.CH2O3.FH/c1-2;2-1(3)4;/h1-2H2;(H2,2,3,4);1H. The van der Waals surface area contributed by atoms with E-state index in [2.05, 4.69) is 13.2 Å². The average Bonchev–Trinajstić information content (AvgIpc) is 1.41. The molecule has 0 aromatic rings. The molecule has 0 heterocycles. The van der Waals surface area contributed by atoms with E-state index in [4.69, 9.17) is 15.0 Å². The summed E-state index contributed by atoms with van der Waals surface area (Å²) in [5, 5.41) is 13.9. The first-order valence-electron chi connectivity index (χ1n) is 1.15. The van der Waals surface area contributed by atoms with Crippen molar-refractivity contribution in [3.8, 4) is 0 Å². The molecule has 0 amide bonds. The number of halogens is 1. The van der Waals surface area contributed by atoms with Crippen LogP contribution in [0, 0.1) is 0 Å². The Morgan fingerprint density at radius 3 is 1.29 bits per heavy atom. The zero-order chi connectivity index (χ0) is 5.58. The lowest BCUT2D eigenvalue weighted by Crippen LogP contribution is -1.81. The Kier molecular flexibility index (Phi) is 48.8. The number of rotatable bonds is 0. The van der Waals surface area contributed by atoms with Crippen LogP contribution in [-0.2, 0) is 0 Å². The molecule has 4 heteroatoms. The first-order valence-corrected chi connectivity index (χ1v) is 1.15. The van der Waals surface area contributed by atoms with Gasteiger partial charge in [0.05, 0.1) is 0 Å². The molecule has 0 saturated carbocycles. The molecule has 0 aromatic carbocycles. The molecule has 0 aromatic heterocycles. The summed E-state index contributed by atoms with van der Waals surface area (Å²) in [7, 11) is 0. The summed E-state index contributed by atoms with van der Waals surface area (Å²) in [6.45, 7) is 6.00. The van der Waals surface area contributed by atoms with Gasteiger partial charge in [-0.1, -0.05) is 0 Å². The number of hydrogen-bond donors (Lipinski definition) is 2. The summed E-state index contributed by atoms with van der Waals surface area (Å²) in [6, 6.07) is 0. The molecule has 7 heavy (non-hydrogen) atoms.